The molecule has 0 radical (unpaired) electrons. The van der Waals surface area contributed by atoms with Crippen LogP contribution in [0.1, 0.15) is 27.4 Å². The number of hydrazone groups is 1. The molecule has 0 spiro atoms. The van der Waals surface area contributed by atoms with Crippen molar-refractivity contribution in [3.05, 3.63) is 40.8 Å². The summed E-state index contributed by atoms with van der Waals surface area (Å²) in [7, 11) is 4.58. The summed E-state index contributed by atoms with van der Waals surface area (Å²) in [6, 6.07) is 5.15. The normalized spacial score (nSPS) is 10.7. The minimum absolute atomic E-state index is 0.347. The van der Waals surface area contributed by atoms with Gasteiger partial charge in [-0.1, -0.05) is 0 Å². The molecule has 1 amide bonds. The Hall–Kier alpha value is -2.96. The standard InChI is InChI=1S/C17H20N2O5/c1-10-8-13(11(2)24-10)17(20)19-18-9-12-6-7-14(21-3)16(23-5)15(12)22-4/h6-9H,1-5H3,(H,19,20)/b18-9+. The number of methoxy groups -OCH3 is 3. The monoisotopic (exact) mass is 332 g/mol. The first kappa shape index (κ1) is 17.4. The van der Waals surface area contributed by atoms with Crippen LogP contribution in [-0.4, -0.2) is 33.5 Å². The summed E-state index contributed by atoms with van der Waals surface area (Å²) in [6.45, 7) is 3.50. The molecule has 1 aromatic carbocycles. The highest BCUT2D eigenvalue weighted by molar-refractivity contribution is 5.96. The fourth-order valence-corrected chi connectivity index (χ4v) is 2.30. The summed E-state index contributed by atoms with van der Waals surface area (Å²) in [5, 5.41) is 3.97. The quantitative estimate of drug-likeness (QED) is 0.649. The molecule has 1 N–H and O–H groups in total. The van der Waals surface area contributed by atoms with Gasteiger partial charge in [0.15, 0.2) is 11.5 Å². The number of ether oxygens (including phenoxy) is 3. The molecule has 2 aromatic rings. The number of benzene rings is 1. The maximum absolute atomic E-state index is 12.1. The van der Waals surface area contributed by atoms with Crippen LogP contribution in [0.15, 0.2) is 27.7 Å². The Morgan fingerprint density at radius 3 is 2.38 bits per heavy atom. The second-order valence-corrected chi connectivity index (χ2v) is 4.95. The molecule has 7 heteroatoms. The highest BCUT2D eigenvalue weighted by atomic mass is 16.5. The van der Waals surface area contributed by atoms with E-state index >= 15 is 0 Å². The van der Waals surface area contributed by atoms with Crippen LogP contribution in [0.3, 0.4) is 0 Å². The summed E-state index contributed by atoms with van der Waals surface area (Å²) in [5.41, 5.74) is 3.54. The van der Waals surface area contributed by atoms with Gasteiger partial charge in [-0.05, 0) is 32.0 Å². The van der Waals surface area contributed by atoms with Crippen LogP contribution < -0.4 is 19.6 Å². The van der Waals surface area contributed by atoms with E-state index in [-0.39, 0.29) is 5.91 Å². The SMILES string of the molecule is COc1ccc(/C=N/NC(=O)c2cc(C)oc2C)c(OC)c1OC. The minimum Gasteiger partial charge on any atom is -0.493 e. The number of furan rings is 1. The van der Waals surface area contributed by atoms with Crippen LogP contribution in [0.25, 0.3) is 0 Å². The van der Waals surface area contributed by atoms with Crippen LogP contribution in [0, 0.1) is 13.8 Å². The van der Waals surface area contributed by atoms with Gasteiger partial charge >= 0.3 is 0 Å². The van der Waals surface area contributed by atoms with Crippen molar-refractivity contribution in [3.63, 3.8) is 0 Å². The van der Waals surface area contributed by atoms with Crippen LogP contribution in [0.4, 0.5) is 0 Å². The van der Waals surface area contributed by atoms with Gasteiger partial charge in [0.25, 0.3) is 5.91 Å². The van der Waals surface area contributed by atoms with Crippen molar-refractivity contribution in [1.82, 2.24) is 5.43 Å². The predicted octanol–water partition coefficient (Wildman–Crippen LogP) is 2.69. The van der Waals surface area contributed by atoms with E-state index in [0.717, 1.165) is 0 Å². The van der Waals surface area contributed by atoms with E-state index in [2.05, 4.69) is 10.5 Å². The van der Waals surface area contributed by atoms with Gasteiger partial charge in [0.2, 0.25) is 5.75 Å². The molecule has 128 valence electrons. The lowest BCUT2D eigenvalue weighted by molar-refractivity contribution is 0.0953. The van der Waals surface area contributed by atoms with Gasteiger partial charge in [-0.2, -0.15) is 5.10 Å². The summed E-state index contributed by atoms with van der Waals surface area (Å²) in [6.07, 6.45) is 1.47. The molecule has 0 bridgehead atoms. The Morgan fingerprint density at radius 1 is 1.12 bits per heavy atom. The molecule has 0 atom stereocenters. The largest absolute Gasteiger partial charge is 0.493 e. The number of aryl methyl sites for hydroxylation is 2. The number of nitrogens with zero attached hydrogens (tertiary/aromatic N) is 1. The maximum Gasteiger partial charge on any atom is 0.274 e. The smallest absolute Gasteiger partial charge is 0.274 e. The van der Waals surface area contributed by atoms with E-state index in [1.807, 2.05) is 0 Å². The number of carbonyl (C=O) groups is 1. The first-order valence-corrected chi connectivity index (χ1v) is 7.21. The van der Waals surface area contributed by atoms with Gasteiger partial charge in [0.1, 0.15) is 11.5 Å². The number of rotatable bonds is 6. The van der Waals surface area contributed by atoms with Crippen molar-refractivity contribution in [2.24, 2.45) is 5.10 Å². The van der Waals surface area contributed by atoms with Crippen LogP contribution in [-0.2, 0) is 0 Å². The molecule has 0 aliphatic heterocycles. The van der Waals surface area contributed by atoms with E-state index in [9.17, 15) is 4.79 Å². The highest BCUT2D eigenvalue weighted by Gasteiger charge is 2.15. The predicted molar refractivity (Wildman–Crippen MR) is 89.3 cm³/mol. The Labute approximate surface area is 140 Å². The second kappa shape index (κ2) is 7.54. The van der Waals surface area contributed by atoms with E-state index in [0.29, 0.717) is 39.9 Å². The van der Waals surface area contributed by atoms with E-state index in [1.165, 1.54) is 20.4 Å². The average Bonchev–Trinajstić information content (AvgIpc) is 2.92. The Bertz CT molecular complexity index is 765. The fourth-order valence-electron chi connectivity index (χ4n) is 2.30. The molecule has 0 saturated carbocycles. The molecule has 1 aromatic heterocycles. The molecule has 0 saturated heterocycles. The van der Waals surface area contributed by atoms with Crippen molar-refractivity contribution in [1.29, 1.82) is 0 Å². The van der Waals surface area contributed by atoms with Gasteiger partial charge in [-0.15, -0.1) is 0 Å². The fraction of sp³-hybridized carbons (Fsp3) is 0.294. The molecule has 0 aliphatic carbocycles. The summed E-state index contributed by atoms with van der Waals surface area (Å²) >= 11 is 0. The van der Waals surface area contributed by atoms with E-state index < -0.39 is 0 Å². The Balaban J connectivity index is 2.20. The molecule has 0 unspecified atom stereocenters. The zero-order valence-corrected chi connectivity index (χ0v) is 14.3. The lowest BCUT2D eigenvalue weighted by atomic mass is 10.2. The molecule has 0 aliphatic rings. The van der Waals surface area contributed by atoms with Crippen molar-refractivity contribution in [2.45, 2.75) is 13.8 Å². The van der Waals surface area contributed by atoms with Crippen molar-refractivity contribution >= 4 is 12.1 Å². The van der Waals surface area contributed by atoms with Crippen molar-refractivity contribution in [3.8, 4) is 17.2 Å². The summed E-state index contributed by atoms with van der Waals surface area (Å²) in [5.74, 6) is 2.33. The van der Waals surface area contributed by atoms with E-state index in [4.69, 9.17) is 18.6 Å². The van der Waals surface area contributed by atoms with Gasteiger partial charge in [0.05, 0.1) is 33.1 Å². The second-order valence-electron chi connectivity index (χ2n) is 4.95. The van der Waals surface area contributed by atoms with Crippen molar-refractivity contribution < 1.29 is 23.4 Å². The maximum atomic E-state index is 12.1. The molecular formula is C17H20N2O5. The summed E-state index contributed by atoms with van der Waals surface area (Å²) < 4.78 is 21.2. The lowest BCUT2D eigenvalue weighted by Gasteiger charge is -2.13. The van der Waals surface area contributed by atoms with Crippen LogP contribution >= 0.6 is 0 Å². The molecule has 7 nitrogen and oxygen atoms in total. The molecule has 2 rings (SSSR count). The third-order valence-corrected chi connectivity index (χ3v) is 3.39. The Morgan fingerprint density at radius 2 is 1.83 bits per heavy atom. The summed E-state index contributed by atoms with van der Waals surface area (Å²) in [4.78, 5) is 12.1. The number of hydrogen-bond donors (Lipinski definition) is 1. The first-order chi connectivity index (χ1) is 11.5. The van der Waals surface area contributed by atoms with Gasteiger partial charge < -0.3 is 18.6 Å². The third-order valence-electron chi connectivity index (χ3n) is 3.39. The number of carbonyl (C=O) groups excluding carboxylic acids is 1. The number of nitrogens with one attached hydrogen (secondary N) is 1. The first-order valence-electron chi connectivity index (χ1n) is 7.21. The number of amides is 1. The molecule has 0 fully saturated rings. The van der Waals surface area contributed by atoms with Crippen molar-refractivity contribution in [2.75, 3.05) is 21.3 Å². The lowest BCUT2D eigenvalue weighted by Crippen LogP contribution is -2.17. The topological polar surface area (TPSA) is 82.3 Å². The van der Waals surface area contributed by atoms with Gasteiger partial charge in [0, 0.05) is 5.56 Å². The van der Waals surface area contributed by atoms with Crippen LogP contribution in [0.5, 0.6) is 17.2 Å². The average molecular weight is 332 g/mol. The zero-order chi connectivity index (χ0) is 17.7. The molecular weight excluding hydrogens is 312 g/mol. The molecule has 24 heavy (non-hydrogen) atoms. The number of hydrogen-bond acceptors (Lipinski definition) is 6. The van der Waals surface area contributed by atoms with Crippen LogP contribution in [0.2, 0.25) is 0 Å². The Kier molecular flexibility index (Phi) is 5.47. The van der Waals surface area contributed by atoms with E-state index in [1.54, 1.807) is 39.2 Å². The molecule has 1 heterocycles. The van der Waals surface area contributed by atoms with Gasteiger partial charge in [-0.25, -0.2) is 5.43 Å². The highest BCUT2D eigenvalue weighted by Crippen LogP contribution is 2.38. The van der Waals surface area contributed by atoms with Gasteiger partial charge in [-0.3, -0.25) is 4.79 Å². The zero-order valence-electron chi connectivity index (χ0n) is 14.3. The third kappa shape index (κ3) is 3.51. The minimum atomic E-state index is -0.347.